The number of imidazole rings is 1. The minimum absolute atomic E-state index is 0.175. The molecule has 98 valence electrons. The van der Waals surface area contributed by atoms with Gasteiger partial charge in [0.1, 0.15) is 0 Å². The van der Waals surface area contributed by atoms with E-state index in [2.05, 4.69) is 33.3 Å². The lowest BCUT2D eigenvalue weighted by atomic mass is 10.1. The van der Waals surface area contributed by atoms with Crippen molar-refractivity contribution in [3.8, 4) is 11.3 Å². The van der Waals surface area contributed by atoms with E-state index >= 15 is 0 Å². The van der Waals surface area contributed by atoms with Crippen LogP contribution < -0.4 is 11.0 Å². The van der Waals surface area contributed by atoms with Gasteiger partial charge in [0.05, 0.1) is 11.0 Å². The van der Waals surface area contributed by atoms with Gasteiger partial charge in [0.2, 0.25) is 0 Å². The van der Waals surface area contributed by atoms with Crippen molar-refractivity contribution in [3.05, 3.63) is 46.0 Å². The third-order valence-electron chi connectivity index (χ3n) is 3.32. The molecule has 19 heavy (non-hydrogen) atoms. The molecule has 3 rings (SSSR count). The fourth-order valence-electron chi connectivity index (χ4n) is 2.33. The van der Waals surface area contributed by atoms with Crippen LogP contribution in [0.4, 0.5) is 0 Å². The van der Waals surface area contributed by atoms with Crippen LogP contribution in [0.2, 0.25) is 0 Å². The van der Waals surface area contributed by atoms with Crippen LogP contribution in [-0.2, 0) is 6.54 Å². The fraction of sp³-hybridized carbons (Fsp3) is 0.214. The van der Waals surface area contributed by atoms with Crippen LogP contribution in [0, 0.1) is 6.92 Å². The summed E-state index contributed by atoms with van der Waals surface area (Å²) in [6.45, 7) is 2.90. The minimum atomic E-state index is -0.175. The summed E-state index contributed by atoms with van der Waals surface area (Å²) in [7, 11) is 1.93. The Morgan fingerprint density at radius 2 is 1.89 bits per heavy atom. The Morgan fingerprint density at radius 3 is 2.68 bits per heavy atom. The van der Waals surface area contributed by atoms with Crippen LogP contribution in [0.5, 0.6) is 0 Å². The van der Waals surface area contributed by atoms with Crippen molar-refractivity contribution in [3.63, 3.8) is 0 Å². The highest BCUT2D eigenvalue weighted by molar-refractivity contribution is 5.80. The predicted octanol–water partition coefficient (Wildman–Crippen LogP) is 1.88. The van der Waals surface area contributed by atoms with Gasteiger partial charge in [0.15, 0.2) is 0 Å². The zero-order valence-electron chi connectivity index (χ0n) is 10.9. The van der Waals surface area contributed by atoms with Crippen LogP contribution in [0.15, 0.2) is 29.1 Å². The monoisotopic (exact) mass is 256 g/mol. The molecule has 4 N–H and O–H groups in total. The number of fused-ring (bicyclic) bond motifs is 1. The van der Waals surface area contributed by atoms with E-state index in [0.29, 0.717) is 0 Å². The highest BCUT2D eigenvalue weighted by Gasteiger charge is 2.07. The molecule has 1 aromatic carbocycles. The van der Waals surface area contributed by atoms with Crippen molar-refractivity contribution in [1.82, 2.24) is 20.3 Å². The molecule has 0 spiro atoms. The third kappa shape index (κ3) is 2.08. The van der Waals surface area contributed by atoms with E-state index in [0.717, 1.165) is 34.5 Å². The zero-order valence-corrected chi connectivity index (χ0v) is 10.9. The number of H-pyrrole nitrogens is 3. The van der Waals surface area contributed by atoms with Gasteiger partial charge in [-0.05, 0) is 37.7 Å². The first-order chi connectivity index (χ1) is 9.17. The molecule has 0 aliphatic carbocycles. The van der Waals surface area contributed by atoms with E-state index in [4.69, 9.17) is 0 Å². The molecule has 0 saturated heterocycles. The van der Waals surface area contributed by atoms with Gasteiger partial charge >= 0.3 is 5.69 Å². The zero-order chi connectivity index (χ0) is 13.4. The smallest absolute Gasteiger partial charge is 0.323 e. The minimum Gasteiger partial charge on any atom is -0.358 e. The first kappa shape index (κ1) is 11.8. The molecule has 0 aliphatic rings. The Bertz CT molecular complexity index is 778. The van der Waals surface area contributed by atoms with E-state index in [1.807, 2.05) is 25.2 Å². The summed E-state index contributed by atoms with van der Waals surface area (Å²) >= 11 is 0. The number of aromatic nitrogens is 3. The molecule has 0 amide bonds. The summed E-state index contributed by atoms with van der Waals surface area (Å²) in [6.07, 6.45) is 0. The van der Waals surface area contributed by atoms with E-state index in [9.17, 15) is 4.79 Å². The summed E-state index contributed by atoms with van der Waals surface area (Å²) in [5, 5.41) is 3.15. The van der Waals surface area contributed by atoms with Crippen molar-refractivity contribution < 1.29 is 0 Å². The molecule has 0 radical (unpaired) electrons. The fourth-order valence-corrected chi connectivity index (χ4v) is 2.33. The van der Waals surface area contributed by atoms with E-state index < -0.39 is 0 Å². The van der Waals surface area contributed by atoms with Gasteiger partial charge in [-0.15, -0.1) is 0 Å². The summed E-state index contributed by atoms with van der Waals surface area (Å²) in [6, 6.07) is 8.02. The number of benzene rings is 1. The van der Waals surface area contributed by atoms with E-state index in [1.165, 1.54) is 5.56 Å². The number of aromatic amines is 3. The summed E-state index contributed by atoms with van der Waals surface area (Å²) in [5.74, 6) is 0. The first-order valence-corrected chi connectivity index (χ1v) is 6.23. The second-order valence-electron chi connectivity index (χ2n) is 4.70. The van der Waals surface area contributed by atoms with Crippen LogP contribution in [-0.4, -0.2) is 22.0 Å². The molecule has 5 heteroatoms. The Kier molecular flexibility index (Phi) is 2.76. The number of aryl methyl sites for hydroxylation is 1. The van der Waals surface area contributed by atoms with E-state index in [-0.39, 0.29) is 5.69 Å². The van der Waals surface area contributed by atoms with Gasteiger partial charge in [0, 0.05) is 23.5 Å². The quantitative estimate of drug-likeness (QED) is 0.577. The SMILES string of the molecule is CNCc1cc(-c2ccc3[nH]c(=O)[nH]c3c2)[nH]c1C. The van der Waals surface area contributed by atoms with Gasteiger partial charge in [0.25, 0.3) is 0 Å². The van der Waals surface area contributed by atoms with Crippen LogP contribution in [0.25, 0.3) is 22.3 Å². The molecular formula is C14H16N4O. The lowest BCUT2D eigenvalue weighted by Gasteiger charge is -1.98. The molecule has 3 aromatic rings. The van der Waals surface area contributed by atoms with Gasteiger partial charge in [-0.3, -0.25) is 0 Å². The third-order valence-corrected chi connectivity index (χ3v) is 3.32. The van der Waals surface area contributed by atoms with Crippen LogP contribution in [0.3, 0.4) is 0 Å². The van der Waals surface area contributed by atoms with Gasteiger partial charge < -0.3 is 20.3 Å². The van der Waals surface area contributed by atoms with Crippen LogP contribution >= 0.6 is 0 Å². The molecule has 0 unspecified atom stereocenters. The molecule has 0 atom stereocenters. The molecule has 0 bridgehead atoms. The summed E-state index contributed by atoms with van der Waals surface area (Å²) in [4.78, 5) is 20.1. The topological polar surface area (TPSA) is 76.5 Å². The normalized spacial score (nSPS) is 11.3. The predicted molar refractivity (Wildman–Crippen MR) is 76.2 cm³/mol. The maximum atomic E-state index is 11.3. The summed E-state index contributed by atoms with van der Waals surface area (Å²) < 4.78 is 0. The molecule has 0 fully saturated rings. The Hall–Kier alpha value is -2.27. The van der Waals surface area contributed by atoms with Gasteiger partial charge in [-0.25, -0.2) is 4.79 Å². The number of rotatable bonds is 3. The first-order valence-electron chi connectivity index (χ1n) is 6.23. The van der Waals surface area contributed by atoms with Gasteiger partial charge in [-0.1, -0.05) is 6.07 Å². The van der Waals surface area contributed by atoms with Crippen LogP contribution in [0.1, 0.15) is 11.3 Å². The second-order valence-corrected chi connectivity index (χ2v) is 4.70. The largest absolute Gasteiger partial charge is 0.358 e. The van der Waals surface area contributed by atoms with Crippen molar-refractivity contribution >= 4 is 11.0 Å². The Labute approximate surface area is 110 Å². The van der Waals surface area contributed by atoms with Crippen molar-refractivity contribution in [1.29, 1.82) is 0 Å². The standard InChI is InChI=1S/C14H16N4O/c1-8-10(7-15-2)6-12(16-8)9-3-4-11-13(5-9)18-14(19)17-11/h3-6,15-16H,7H2,1-2H3,(H2,17,18,19). The van der Waals surface area contributed by atoms with Crippen molar-refractivity contribution in [2.45, 2.75) is 13.5 Å². The van der Waals surface area contributed by atoms with Crippen molar-refractivity contribution in [2.75, 3.05) is 7.05 Å². The molecule has 0 aliphatic heterocycles. The molecule has 0 saturated carbocycles. The average Bonchev–Trinajstić information content (AvgIpc) is 2.91. The molecular weight excluding hydrogens is 240 g/mol. The summed E-state index contributed by atoms with van der Waals surface area (Å²) in [5.41, 5.74) is 6.01. The highest BCUT2D eigenvalue weighted by Crippen LogP contribution is 2.24. The van der Waals surface area contributed by atoms with Crippen molar-refractivity contribution in [2.24, 2.45) is 0 Å². The average molecular weight is 256 g/mol. The Morgan fingerprint density at radius 1 is 1.11 bits per heavy atom. The lowest BCUT2D eigenvalue weighted by molar-refractivity contribution is 0.812. The maximum absolute atomic E-state index is 11.3. The second kappa shape index (κ2) is 4.44. The highest BCUT2D eigenvalue weighted by atomic mass is 16.1. The van der Waals surface area contributed by atoms with E-state index in [1.54, 1.807) is 0 Å². The number of hydrogen-bond donors (Lipinski definition) is 4. The van der Waals surface area contributed by atoms with Gasteiger partial charge in [-0.2, -0.15) is 0 Å². The molecule has 5 nitrogen and oxygen atoms in total. The molecule has 2 heterocycles. The number of hydrogen-bond acceptors (Lipinski definition) is 2. The number of nitrogens with one attached hydrogen (secondary N) is 4. The Balaban J connectivity index is 2.07. The maximum Gasteiger partial charge on any atom is 0.323 e. The molecule has 2 aromatic heterocycles. The lowest BCUT2D eigenvalue weighted by Crippen LogP contribution is -2.04.